The summed E-state index contributed by atoms with van der Waals surface area (Å²) in [4.78, 5) is 266. The molecule has 0 aromatic heterocycles. The molecule has 141 heavy (non-hydrogen) atoms. The molecular formula is C98H86O43. The summed E-state index contributed by atoms with van der Waals surface area (Å²) in [6.07, 6.45) is -15.9. The first kappa shape index (κ1) is 101. The first-order valence-electron chi connectivity index (χ1n) is 42.6. The molecule has 0 saturated heterocycles. The van der Waals surface area contributed by atoms with Crippen molar-refractivity contribution in [1.82, 2.24) is 0 Å². The van der Waals surface area contributed by atoms with Gasteiger partial charge in [-0.25, -0.2) is 0 Å². The van der Waals surface area contributed by atoms with E-state index in [1.54, 1.807) is 0 Å². The third-order valence-corrected chi connectivity index (χ3v) is 21.0. The molecule has 43 nitrogen and oxygen atoms in total. The average molecular weight is 1950 g/mol. The maximum Gasteiger partial charge on any atom is 0.316 e. The zero-order valence-corrected chi connectivity index (χ0v) is 78.4. The molecule has 5 aliphatic heterocycles. The number of ether oxygens (including phenoxy) is 24. The van der Waals surface area contributed by atoms with Crippen LogP contribution in [0, 0.1) is 0 Å². The highest BCUT2D eigenvalue weighted by Gasteiger charge is 2.66. The van der Waals surface area contributed by atoms with Gasteiger partial charge in [0.1, 0.15) is 75.1 Å². The van der Waals surface area contributed by atoms with Gasteiger partial charge in [-0.1, -0.05) is 18.2 Å². The maximum atomic E-state index is 15.9. The molecule has 0 N–H and O–H groups in total. The number of hydrogen-bond donors (Lipinski definition) is 0. The molecular weight excluding hydrogens is 1870 g/mol. The van der Waals surface area contributed by atoms with Crippen LogP contribution in [0.3, 0.4) is 0 Å². The van der Waals surface area contributed by atoms with Gasteiger partial charge in [0.05, 0.1) is 17.8 Å². The Bertz CT molecular complexity index is 6690. The van der Waals surface area contributed by atoms with Crippen LogP contribution in [0.1, 0.15) is 229 Å². The van der Waals surface area contributed by atoms with Gasteiger partial charge in [0.2, 0.25) is 0 Å². The summed E-state index contributed by atoms with van der Waals surface area (Å²) in [6.45, 7) is 18.0. The van der Waals surface area contributed by atoms with Gasteiger partial charge in [0, 0.05) is 230 Å². The first-order valence-corrected chi connectivity index (χ1v) is 42.6. The molecule has 8 aromatic carbocycles. The summed E-state index contributed by atoms with van der Waals surface area (Å²) >= 11 is 0. The van der Waals surface area contributed by atoms with Crippen molar-refractivity contribution in [3.63, 3.8) is 0 Å². The van der Waals surface area contributed by atoms with E-state index in [1.165, 1.54) is 18.2 Å². The number of benzene rings is 8. The quantitative estimate of drug-likeness (QED) is 0.0291. The van der Waals surface area contributed by atoms with Crippen LogP contribution in [-0.2, 0) is 122 Å². The van der Waals surface area contributed by atoms with Crippen LogP contribution in [0.5, 0.6) is 115 Å². The molecule has 13 rings (SSSR count). The minimum atomic E-state index is -3.22. The van der Waals surface area contributed by atoms with Crippen LogP contribution in [-0.4, -0.2) is 138 Å². The molecule has 8 aromatic rings. The molecule has 0 unspecified atom stereocenters. The minimum absolute atomic E-state index is 0.149. The Kier molecular flexibility index (Phi) is 29.4. The summed E-state index contributed by atoms with van der Waals surface area (Å²) in [5.74, 6) is -44.3. The predicted octanol–water partition coefficient (Wildman–Crippen LogP) is 11.3. The van der Waals surface area contributed by atoms with Gasteiger partial charge >= 0.3 is 119 Å². The molecule has 0 saturated carbocycles. The summed E-state index contributed by atoms with van der Waals surface area (Å²) in [5, 5.41) is 0. The molecule has 11 atom stereocenters. The van der Waals surface area contributed by atoms with Gasteiger partial charge in [0.25, 0.3) is 0 Å². The fourth-order valence-electron chi connectivity index (χ4n) is 17.1. The lowest BCUT2D eigenvalue weighted by molar-refractivity contribution is -0.232. The number of esters is 19. The van der Waals surface area contributed by atoms with E-state index >= 15 is 19.2 Å². The van der Waals surface area contributed by atoms with Crippen LogP contribution in [0.4, 0.5) is 0 Å². The fourth-order valence-corrected chi connectivity index (χ4v) is 17.1. The summed E-state index contributed by atoms with van der Waals surface area (Å²) in [7, 11) is 0. The Morgan fingerprint density at radius 1 is 0.248 bits per heavy atom. The van der Waals surface area contributed by atoms with Crippen molar-refractivity contribution in [2.75, 3.05) is 0 Å². The van der Waals surface area contributed by atoms with Gasteiger partial charge in [0.15, 0.2) is 82.6 Å². The van der Waals surface area contributed by atoms with Crippen molar-refractivity contribution in [2.45, 2.75) is 204 Å². The van der Waals surface area contributed by atoms with Gasteiger partial charge in [-0.05, 0) is 54.6 Å². The van der Waals surface area contributed by atoms with E-state index in [0.717, 1.165) is 216 Å². The van der Waals surface area contributed by atoms with E-state index < -0.39 is 334 Å². The first-order chi connectivity index (χ1) is 66.4. The van der Waals surface area contributed by atoms with Gasteiger partial charge < -0.3 is 114 Å². The van der Waals surface area contributed by atoms with Crippen molar-refractivity contribution in [1.29, 1.82) is 0 Å². The SMILES string of the molecule is CC(=O)Oc1cc(OC(C)=O)c2c(c1)O[C@H](c1ccc(OC(C)=O)c(OC(C)=O)c1)[C@H](OC(C)=O)[C@H]2c1c(OC(C)=O)c2c(c3c1O[C@]1(c4ccc(OC(C)=O)c(OC(C)=O)c4)Oc4cc(OC(C)=O)cc(OC(C)=O)c4[C@H]3[C@H]1OC(C)=O)O[C@H](c1ccc(OC(C)=O)c(OC(C)=O)c1)[C@H](OC(C)=O)[C@H]2c1c(OC(C)=O)cc(OC(C)=O)c2c1O[C@H](c1ccc(OC(C)=O)c(OC(C)=O)c1)[C@H](OC(C)=O)C2. The largest absolute Gasteiger partial charge is 0.481 e. The van der Waals surface area contributed by atoms with Crippen LogP contribution in [0.15, 0.2) is 103 Å². The van der Waals surface area contributed by atoms with Gasteiger partial charge in [-0.2, -0.15) is 0 Å². The van der Waals surface area contributed by atoms with Crippen LogP contribution >= 0.6 is 0 Å². The smallest absolute Gasteiger partial charge is 0.316 e. The molecule has 0 fully saturated rings. The summed E-state index contributed by atoms with van der Waals surface area (Å²) in [6, 6.07) is 18.4. The number of rotatable bonds is 25. The third-order valence-electron chi connectivity index (χ3n) is 21.0. The number of hydrogen-bond acceptors (Lipinski definition) is 43. The van der Waals surface area contributed by atoms with Crippen molar-refractivity contribution in [3.05, 3.63) is 164 Å². The number of carbonyl (C=O) groups excluding carboxylic acids is 19. The van der Waals surface area contributed by atoms with Gasteiger partial charge in [-0.3, -0.25) is 91.1 Å². The van der Waals surface area contributed by atoms with E-state index in [0.29, 0.717) is 0 Å². The molecule has 5 aliphatic rings. The normalized spacial score (nSPS) is 18.9. The lowest BCUT2D eigenvalue weighted by Crippen LogP contribution is -2.59. The van der Waals surface area contributed by atoms with Crippen LogP contribution in [0.2, 0.25) is 0 Å². The van der Waals surface area contributed by atoms with E-state index in [-0.39, 0.29) is 28.0 Å². The van der Waals surface area contributed by atoms with E-state index in [4.69, 9.17) is 114 Å². The molecule has 736 valence electrons. The Hall–Kier alpha value is -17.3. The molecule has 43 heteroatoms. The Morgan fingerprint density at radius 2 is 0.582 bits per heavy atom. The maximum absolute atomic E-state index is 15.9. The summed E-state index contributed by atoms with van der Waals surface area (Å²) < 4.78 is 152. The number of carbonyl (C=O) groups is 19. The van der Waals surface area contributed by atoms with E-state index in [1.807, 2.05) is 0 Å². The van der Waals surface area contributed by atoms with Crippen molar-refractivity contribution in [3.8, 4) is 115 Å². The lowest BCUT2D eigenvalue weighted by Gasteiger charge is -2.53. The second-order valence-corrected chi connectivity index (χ2v) is 32.1. The van der Waals surface area contributed by atoms with Crippen molar-refractivity contribution >= 4 is 113 Å². The zero-order valence-electron chi connectivity index (χ0n) is 78.4. The van der Waals surface area contributed by atoms with Gasteiger partial charge in [-0.15, -0.1) is 0 Å². The number of fused-ring (bicyclic) bond motifs is 10. The highest BCUT2D eigenvalue weighted by atomic mass is 16.7. The Morgan fingerprint density at radius 3 is 0.993 bits per heavy atom. The minimum Gasteiger partial charge on any atom is -0.481 e. The lowest BCUT2D eigenvalue weighted by atomic mass is 9.68. The standard InChI is InChI=1S/C98H86O43/c1-38(99)118-61-32-73(129-49(12)110)79-75(34-61)137-89(58-21-25-65(121-41(4)102)70(29-58)126-46(9)107)95(134-54(17)115)82(79)86-92(133-53(16)114)85-83(81-76(131-51(14)112)37-68(124-44(7)105)63-36-78(132-52(15)113)88(138-91(63)81)57-20-24-64(120-40(3)101)69(28-57)125-45(8)106)96(135-55(18)116)90(59-22-26-66(122-42(5)103)71(30-59)127-47(10)108)139-93(85)87-84-80-74(130-50(13)111)33-62(119-39(2)100)35-77(80)140-98(141-94(86)87,97(84)136-56(19)117)60-23-27-67(123-43(6)104)72(31-60)128-48(11)109/h20-35,37,78,82-84,88-90,95-97H,36H2,1-19H3/t78-,82-,83+,84-,88-,89-,90-,95-,96-,97-,98+/m1/s1. The topological polar surface area (TPSA) is 546 Å². The fraction of sp³-hybridized carbons (Fsp3) is 0.316. The zero-order chi connectivity index (χ0) is 103. The molecule has 2 bridgehead atoms. The Labute approximate surface area is 798 Å². The monoisotopic (exact) mass is 1950 g/mol. The Balaban J connectivity index is 1.39. The summed E-state index contributed by atoms with van der Waals surface area (Å²) in [5.41, 5.74) is -5.75. The van der Waals surface area contributed by atoms with Crippen molar-refractivity contribution < 1.29 is 205 Å². The average Bonchev–Trinajstić information content (AvgIpc) is 0.669. The molecule has 0 amide bonds. The predicted molar refractivity (Wildman–Crippen MR) is 466 cm³/mol. The molecule has 5 heterocycles. The molecule has 0 aliphatic carbocycles. The molecule has 0 spiro atoms. The highest BCUT2D eigenvalue weighted by molar-refractivity contribution is 5.87. The van der Waals surface area contributed by atoms with E-state index in [9.17, 15) is 71.9 Å². The van der Waals surface area contributed by atoms with E-state index in [2.05, 4.69) is 0 Å². The van der Waals surface area contributed by atoms with Crippen molar-refractivity contribution in [2.24, 2.45) is 0 Å². The molecule has 0 radical (unpaired) electrons. The van der Waals surface area contributed by atoms with Crippen LogP contribution in [0.25, 0.3) is 0 Å². The second kappa shape index (κ2) is 40.9. The van der Waals surface area contributed by atoms with Crippen LogP contribution < -0.4 is 94.7 Å². The highest BCUT2D eigenvalue weighted by Crippen LogP contribution is 2.71. The second-order valence-electron chi connectivity index (χ2n) is 32.1. The third kappa shape index (κ3) is 22.0.